The molecule has 0 fully saturated rings. The second kappa shape index (κ2) is 4.12. The summed E-state index contributed by atoms with van der Waals surface area (Å²) >= 11 is 0. The summed E-state index contributed by atoms with van der Waals surface area (Å²) in [7, 11) is 1.61. The first-order valence-corrected chi connectivity index (χ1v) is 4.40. The fraction of sp³-hybridized carbons (Fsp3) is 0.364. The quantitative estimate of drug-likeness (QED) is 0.790. The van der Waals surface area contributed by atoms with Crippen LogP contribution < -0.4 is 10.5 Å². The molecule has 0 aliphatic rings. The Bertz CT molecular complexity index is 353. The lowest BCUT2D eigenvalue weighted by Gasteiger charge is -2.22. The van der Waals surface area contributed by atoms with Gasteiger partial charge in [0.1, 0.15) is 5.75 Å². The Morgan fingerprint density at radius 1 is 1.57 bits per heavy atom. The molecule has 0 unspecified atom stereocenters. The van der Waals surface area contributed by atoms with Crippen LogP contribution in [0.4, 0.5) is 0 Å². The summed E-state index contributed by atoms with van der Waals surface area (Å²) < 4.78 is 5.09. The van der Waals surface area contributed by atoms with Crippen LogP contribution in [0.15, 0.2) is 24.3 Å². The predicted molar refractivity (Wildman–Crippen MR) is 54.8 cm³/mol. The maximum Gasteiger partial charge on any atom is 0.119 e. The van der Waals surface area contributed by atoms with E-state index < -0.39 is 5.54 Å². The Morgan fingerprint density at radius 3 is 2.86 bits per heavy atom. The molecule has 0 aromatic heterocycles. The Kier molecular flexibility index (Phi) is 3.10. The first kappa shape index (κ1) is 10.6. The van der Waals surface area contributed by atoms with Crippen molar-refractivity contribution in [2.45, 2.75) is 18.9 Å². The number of ether oxygens (including phenoxy) is 1. The molecule has 0 saturated carbocycles. The van der Waals surface area contributed by atoms with E-state index in [1.54, 1.807) is 7.11 Å². The number of methoxy groups -OCH3 is 1. The van der Waals surface area contributed by atoms with Crippen molar-refractivity contribution in [3.8, 4) is 11.8 Å². The van der Waals surface area contributed by atoms with Crippen molar-refractivity contribution in [2.24, 2.45) is 5.73 Å². The topological polar surface area (TPSA) is 59.0 Å². The number of benzene rings is 1. The molecule has 0 amide bonds. The lowest BCUT2D eigenvalue weighted by Crippen LogP contribution is -2.32. The maximum absolute atomic E-state index is 8.63. The lowest BCUT2D eigenvalue weighted by molar-refractivity contribution is 0.411. The smallest absolute Gasteiger partial charge is 0.119 e. The monoisotopic (exact) mass is 190 g/mol. The van der Waals surface area contributed by atoms with Crippen LogP contribution in [-0.2, 0) is 5.54 Å². The molecule has 1 atom stereocenters. The third-order valence-electron chi connectivity index (χ3n) is 2.18. The van der Waals surface area contributed by atoms with Crippen LogP contribution in [0, 0.1) is 11.3 Å². The van der Waals surface area contributed by atoms with Crippen molar-refractivity contribution in [3.63, 3.8) is 0 Å². The van der Waals surface area contributed by atoms with Gasteiger partial charge in [-0.15, -0.1) is 0 Å². The Labute approximate surface area is 84.1 Å². The normalized spacial score (nSPS) is 14.1. The number of nitrogens with two attached hydrogens (primary N) is 1. The van der Waals surface area contributed by atoms with Crippen molar-refractivity contribution in [1.82, 2.24) is 0 Å². The average molecular weight is 190 g/mol. The first-order chi connectivity index (χ1) is 6.60. The minimum Gasteiger partial charge on any atom is -0.497 e. The Balaban J connectivity index is 3.01. The summed E-state index contributed by atoms with van der Waals surface area (Å²) in [5, 5.41) is 8.63. The van der Waals surface area contributed by atoms with Crippen LogP contribution in [0.1, 0.15) is 18.9 Å². The van der Waals surface area contributed by atoms with Gasteiger partial charge in [0.25, 0.3) is 0 Å². The minimum absolute atomic E-state index is 0.292. The highest BCUT2D eigenvalue weighted by atomic mass is 16.5. The molecular weight excluding hydrogens is 176 g/mol. The number of hydrogen-bond donors (Lipinski definition) is 1. The molecule has 14 heavy (non-hydrogen) atoms. The number of rotatable bonds is 3. The van der Waals surface area contributed by atoms with E-state index in [2.05, 4.69) is 6.07 Å². The molecule has 1 aromatic carbocycles. The van der Waals surface area contributed by atoms with Gasteiger partial charge in [0.15, 0.2) is 0 Å². The zero-order chi connectivity index (χ0) is 10.6. The maximum atomic E-state index is 8.63. The van der Waals surface area contributed by atoms with Gasteiger partial charge in [0, 0.05) is 0 Å². The molecule has 3 heteroatoms. The van der Waals surface area contributed by atoms with E-state index in [4.69, 9.17) is 15.7 Å². The van der Waals surface area contributed by atoms with Crippen molar-refractivity contribution >= 4 is 0 Å². The summed E-state index contributed by atoms with van der Waals surface area (Å²) in [5.41, 5.74) is 6.30. The van der Waals surface area contributed by atoms with Crippen LogP contribution in [0.3, 0.4) is 0 Å². The van der Waals surface area contributed by atoms with Gasteiger partial charge < -0.3 is 10.5 Å². The van der Waals surface area contributed by atoms with Gasteiger partial charge in [0.05, 0.1) is 25.1 Å². The second-order valence-corrected chi connectivity index (χ2v) is 3.48. The van der Waals surface area contributed by atoms with Crippen molar-refractivity contribution < 1.29 is 4.74 Å². The molecule has 1 rings (SSSR count). The Hall–Kier alpha value is -1.53. The molecule has 0 bridgehead atoms. The molecule has 2 N–H and O–H groups in total. The van der Waals surface area contributed by atoms with Crippen LogP contribution >= 0.6 is 0 Å². The van der Waals surface area contributed by atoms with Crippen LogP contribution in [0.25, 0.3) is 0 Å². The van der Waals surface area contributed by atoms with Gasteiger partial charge in [0.2, 0.25) is 0 Å². The summed E-state index contributed by atoms with van der Waals surface area (Å²) in [6, 6.07) is 9.56. The highest BCUT2D eigenvalue weighted by Crippen LogP contribution is 2.24. The van der Waals surface area contributed by atoms with E-state index in [1.165, 1.54) is 0 Å². The molecule has 0 radical (unpaired) electrons. The van der Waals surface area contributed by atoms with Crippen LogP contribution in [0.5, 0.6) is 5.75 Å². The predicted octanol–water partition coefficient (Wildman–Crippen LogP) is 1.78. The molecule has 0 heterocycles. The summed E-state index contributed by atoms with van der Waals surface area (Å²) in [5.74, 6) is 0.761. The standard InChI is InChI=1S/C11H14N2O/c1-11(13,6-7-12)9-4-3-5-10(8-9)14-2/h3-5,8H,6,13H2,1-2H3/t11-/m0/s1. The molecule has 0 spiro atoms. The van der Waals surface area contributed by atoms with E-state index in [0.29, 0.717) is 6.42 Å². The third-order valence-corrected chi connectivity index (χ3v) is 2.18. The average Bonchev–Trinajstić information content (AvgIpc) is 2.18. The fourth-order valence-electron chi connectivity index (χ4n) is 1.24. The largest absolute Gasteiger partial charge is 0.497 e. The van der Waals surface area contributed by atoms with E-state index in [9.17, 15) is 0 Å². The highest BCUT2D eigenvalue weighted by molar-refractivity contribution is 5.33. The van der Waals surface area contributed by atoms with Gasteiger partial charge in [-0.3, -0.25) is 0 Å². The summed E-state index contributed by atoms with van der Waals surface area (Å²) in [4.78, 5) is 0. The molecule has 0 aliphatic carbocycles. The number of nitriles is 1. The Morgan fingerprint density at radius 2 is 2.29 bits per heavy atom. The molecule has 1 aromatic rings. The van der Waals surface area contributed by atoms with Gasteiger partial charge >= 0.3 is 0 Å². The van der Waals surface area contributed by atoms with Crippen molar-refractivity contribution in [1.29, 1.82) is 5.26 Å². The van der Waals surface area contributed by atoms with Crippen LogP contribution in [0.2, 0.25) is 0 Å². The van der Waals surface area contributed by atoms with Gasteiger partial charge in [-0.05, 0) is 24.6 Å². The van der Waals surface area contributed by atoms with E-state index in [-0.39, 0.29) is 0 Å². The lowest BCUT2D eigenvalue weighted by atomic mass is 9.90. The van der Waals surface area contributed by atoms with Gasteiger partial charge in [-0.1, -0.05) is 12.1 Å². The molecule has 74 valence electrons. The zero-order valence-electron chi connectivity index (χ0n) is 8.45. The number of nitrogens with zero attached hydrogens (tertiary/aromatic N) is 1. The van der Waals surface area contributed by atoms with Crippen molar-refractivity contribution in [3.05, 3.63) is 29.8 Å². The fourth-order valence-corrected chi connectivity index (χ4v) is 1.24. The highest BCUT2D eigenvalue weighted by Gasteiger charge is 2.20. The minimum atomic E-state index is -0.608. The second-order valence-electron chi connectivity index (χ2n) is 3.48. The van der Waals surface area contributed by atoms with Crippen molar-refractivity contribution in [2.75, 3.05) is 7.11 Å². The SMILES string of the molecule is COc1cccc([C@@](C)(N)CC#N)c1. The third kappa shape index (κ3) is 2.24. The van der Waals surface area contributed by atoms with E-state index in [0.717, 1.165) is 11.3 Å². The molecular formula is C11H14N2O. The first-order valence-electron chi connectivity index (χ1n) is 4.40. The number of hydrogen-bond acceptors (Lipinski definition) is 3. The van der Waals surface area contributed by atoms with Gasteiger partial charge in [-0.2, -0.15) is 5.26 Å². The molecule has 3 nitrogen and oxygen atoms in total. The zero-order valence-corrected chi connectivity index (χ0v) is 8.45. The van der Waals surface area contributed by atoms with E-state index >= 15 is 0 Å². The van der Waals surface area contributed by atoms with Gasteiger partial charge in [-0.25, -0.2) is 0 Å². The molecule has 0 aliphatic heterocycles. The van der Waals surface area contributed by atoms with Crippen LogP contribution in [-0.4, -0.2) is 7.11 Å². The summed E-state index contributed by atoms with van der Waals surface area (Å²) in [6.07, 6.45) is 0.292. The van der Waals surface area contributed by atoms with E-state index in [1.807, 2.05) is 31.2 Å². The molecule has 0 saturated heterocycles. The summed E-state index contributed by atoms with van der Waals surface area (Å²) in [6.45, 7) is 1.84.